The number of carbonyl (C=O) groups is 2. The maximum atomic E-state index is 13.5. The highest BCUT2D eigenvalue weighted by Gasteiger charge is 2.60. The fraction of sp³-hybridized carbons (Fsp3) is 0.200. The van der Waals surface area contributed by atoms with E-state index in [0.29, 0.717) is 5.69 Å². The number of hydrogen-bond acceptors (Lipinski definition) is 5. The minimum Gasteiger partial charge on any atom is -0.378 e. The zero-order valence-corrected chi connectivity index (χ0v) is 17.7. The van der Waals surface area contributed by atoms with Crippen molar-refractivity contribution in [1.82, 2.24) is 0 Å². The van der Waals surface area contributed by atoms with E-state index in [1.807, 2.05) is 73.6 Å². The number of nitrogens with zero attached hydrogens (tertiary/aromatic N) is 3. The summed E-state index contributed by atoms with van der Waals surface area (Å²) in [6.45, 7) is 0. The molecule has 0 spiro atoms. The standard InChI is InChI=1S/C25H22FN3O3/c1-27(2)18-12-8-16(9-13-18)22-21-23(32-29(22)20-6-4-3-5-7-20)25(31)28(24(21)30)19-14-10-17(26)11-15-19/h3-15,21-23H,1-2H3/t21-,22+,23-/m0/s1. The van der Waals surface area contributed by atoms with Crippen LogP contribution < -0.4 is 14.9 Å². The van der Waals surface area contributed by atoms with Gasteiger partial charge in [-0.25, -0.2) is 14.4 Å². The lowest BCUT2D eigenvalue weighted by Gasteiger charge is -2.29. The lowest BCUT2D eigenvalue weighted by atomic mass is 9.90. The maximum Gasteiger partial charge on any atom is 0.266 e. The van der Waals surface area contributed by atoms with Gasteiger partial charge in [-0.3, -0.25) is 14.4 Å². The first kappa shape index (κ1) is 20.2. The van der Waals surface area contributed by atoms with Crippen molar-refractivity contribution in [2.45, 2.75) is 12.1 Å². The molecular weight excluding hydrogens is 409 g/mol. The highest BCUT2D eigenvalue weighted by atomic mass is 19.1. The summed E-state index contributed by atoms with van der Waals surface area (Å²) in [4.78, 5) is 36.0. The Balaban J connectivity index is 1.56. The fourth-order valence-electron chi connectivity index (χ4n) is 4.37. The molecule has 2 aliphatic heterocycles. The van der Waals surface area contributed by atoms with Crippen molar-refractivity contribution in [3.63, 3.8) is 0 Å². The third kappa shape index (κ3) is 3.22. The number of amides is 2. The second-order valence-electron chi connectivity index (χ2n) is 8.13. The van der Waals surface area contributed by atoms with Crippen LogP contribution in [0.3, 0.4) is 0 Å². The molecule has 2 heterocycles. The fourth-order valence-corrected chi connectivity index (χ4v) is 4.37. The Morgan fingerprint density at radius 1 is 0.812 bits per heavy atom. The number of halogens is 1. The van der Waals surface area contributed by atoms with E-state index in [9.17, 15) is 14.0 Å². The van der Waals surface area contributed by atoms with Crippen LogP contribution in [0.2, 0.25) is 0 Å². The van der Waals surface area contributed by atoms with Crippen LogP contribution in [0, 0.1) is 11.7 Å². The van der Waals surface area contributed by atoms with E-state index in [1.54, 1.807) is 5.06 Å². The molecule has 7 heteroatoms. The normalized spacial score (nSPS) is 22.4. The second kappa shape index (κ2) is 7.76. The number of benzene rings is 3. The van der Waals surface area contributed by atoms with Crippen LogP contribution in [0.5, 0.6) is 0 Å². The molecular formula is C25H22FN3O3. The number of hydroxylamine groups is 1. The summed E-state index contributed by atoms with van der Waals surface area (Å²) < 4.78 is 13.4. The molecule has 3 aromatic carbocycles. The Labute approximate surface area is 185 Å². The minimum absolute atomic E-state index is 0.340. The molecule has 0 aromatic heterocycles. The highest BCUT2D eigenvalue weighted by Crippen LogP contribution is 2.47. The molecule has 2 aliphatic rings. The van der Waals surface area contributed by atoms with E-state index in [1.165, 1.54) is 24.3 Å². The summed E-state index contributed by atoms with van der Waals surface area (Å²) in [5.41, 5.74) is 3.00. The number of hydrogen-bond donors (Lipinski definition) is 0. The summed E-state index contributed by atoms with van der Waals surface area (Å²) in [5, 5.41) is 1.66. The lowest BCUT2D eigenvalue weighted by Crippen LogP contribution is -2.37. The Morgan fingerprint density at radius 2 is 1.47 bits per heavy atom. The van der Waals surface area contributed by atoms with Gasteiger partial charge in [0.05, 0.1) is 17.4 Å². The molecule has 6 nitrogen and oxygen atoms in total. The first-order chi connectivity index (χ1) is 15.5. The van der Waals surface area contributed by atoms with E-state index in [4.69, 9.17) is 4.84 Å². The van der Waals surface area contributed by atoms with Crippen molar-refractivity contribution in [1.29, 1.82) is 0 Å². The largest absolute Gasteiger partial charge is 0.378 e. The van der Waals surface area contributed by atoms with E-state index >= 15 is 0 Å². The average Bonchev–Trinajstić information content (AvgIpc) is 3.31. The molecule has 0 unspecified atom stereocenters. The summed E-state index contributed by atoms with van der Waals surface area (Å²) >= 11 is 0. The van der Waals surface area contributed by atoms with Gasteiger partial charge in [0.2, 0.25) is 5.91 Å². The predicted octanol–water partition coefficient (Wildman–Crippen LogP) is 3.94. The number of imide groups is 1. The van der Waals surface area contributed by atoms with Crippen molar-refractivity contribution >= 4 is 28.9 Å². The topological polar surface area (TPSA) is 53.1 Å². The van der Waals surface area contributed by atoms with E-state index < -0.39 is 29.8 Å². The van der Waals surface area contributed by atoms with E-state index in [0.717, 1.165) is 21.8 Å². The summed E-state index contributed by atoms with van der Waals surface area (Å²) in [6, 6.07) is 22.1. The van der Waals surface area contributed by atoms with E-state index in [2.05, 4.69) is 0 Å². The smallest absolute Gasteiger partial charge is 0.266 e. The average molecular weight is 431 g/mol. The Hall–Kier alpha value is -3.71. The van der Waals surface area contributed by atoms with Gasteiger partial charge < -0.3 is 4.90 Å². The monoisotopic (exact) mass is 431 g/mol. The van der Waals surface area contributed by atoms with Crippen LogP contribution in [0.4, 0.5) is 21.5 Å². The van der Waals surface area contributed by atoms with Gasteiger partial charge in [-0.15, -0.1) is 0 Å². The molecule has 5 rings (SSSR count). The van der Waals surface area contributed by atoms with Gasteiger partial charge in [0.1, 0.15) is 11.7 Å². The highest BCUT2D eigenvalue weighted by molar-refractivity contribution is 6.23. The molecule has 0 N–H and O–H groups in total. The number of fused-ring (bicyclic) bond motifs is 1. The zero-order chi connectivity index (χ0) is 22.4. The van der Waals surface area contributed by atoms with Crippen LogP contribution in [0.1, 0.15) is 11.6 Å². The van der Waals surface area contributed by atoms with Crippen molar-refractivity contribution < 1.29 is 18.8 Å². The van der Waals surface area contributed by atoms with Gasteiger partial charge in [0, 0.05) is 19.8 Å². The number of para-hydroxylation sites is 1. The second-order valence-corrected chi connectivity index (χ2v) is 8.13. The summed E-state index contributed by atoms with van der Waals surface area (Å²) in [7, 11) is 3.92. The molecule has 2 amide bonds. The molecule has 0 aliphatic carbocycles. The van der Waals surface area contributed by atoms with Crippen LogP contribution in [-0.2, 0) is 14.4 Å². The molecule has 2 saturated heterocycles. The van der Waals surface area contributed by atoms with Crippen LogP contribution in [0.15, 0.2) is 78.9 Å². The van der Waals surface area contributed by atoms with Gasteiger partial charge in [-0.05, 0) is 54.1 Å². The van der Waals surface area contributed by atoms with E-state index in [-0.39, 0.29) is 5.91 Å². The van der Waals surface area contributed by atoms with Crippen LogP contribution in [-0.4, -0.2) is 32.0 Å². The van der Waals surface area contributed by atoms with Crippen molar-refractivity contribution in [2.24, 2.45) is 5.92 Å². The molecule has 32 heavy (non-hydrogen) atoms. The van der Waals surface area contributed by atoms with Gasteiger partial charge in [-0.2, -0.15) is 0 Å². The maximum absolute atomic E-state index is 13.5. The molecule has 0 bridgehead atoms. The molecule has 3 atom stereocenters. The minimum atomic E-state index is -0.953. The number of rotatable bonds is 4. The number of anilines is 3. The van der Waals surface area contributed by atoms with Gasteiger partial charge in [0.25, 0.3) is 5.91 Å². The summed E-state index contributed by atoms with van der Waals surface area (Å²) in [5.74, 6) is -1.96. The Bertz CT molecular complexity index is 1150. The van der Waals surface area contributed by atoms with Gasteiger partial charge in [-0.1, -0.05) is 30.3 Å². The number of carbonyl (C=O) groups excluding carboxylic acids is 2. The van der Waals surface area contributed by atoms with Gasteiger partial charge >= 0.3 is 0 Å². The Morgan fingerprint density at radius 3 is 2.09 bits per heavy atom. The summed E-state index contributed by atoms with van der Waals surface area (Å²) in [6.07, 6.45) is -0.953. The van der Waals surface area contributed by atoms with Crippen molar-refractivity contribution in [3.05, 3.63) is 90.2 Å². The lowest BCUT2D eigenvalue weighted by molar-refractivity contribution is -0.126. The first-order valence-corrected chi connectivity index (χ1v) is 10.4. The van der Waals surface area contributed by atoms with Crippen LogP contribution in [0.25, 0.3) is 0 Å². The first-order valence-electron chi connectivity index (χ1n) is 10.4. The molecule has 2 fully saturated rings. The molecule has 0 saturated carbocycles. The molecule has 3 aromatic rings. The van der Waals surface area contributed by atoms with Crippen molar-refractivity contribution in [3.8, 4) is 0 Å². The molecule has 162 valence electrons. The SMILES string of the molecule is CN(C)c1ccc([C@@H]2[C@@H]3C(=O)N(c4ccc(F)cc4)C(=O)[C@H]3ON2c2ccccc2)cc1. The third-order valence-electron chi connectivity index (χ3n) is 5.96. The zero-order valence-electron chi connectivity index (χ0n) is 17.7. The van der Waals surface area contributed by atoms with Crippen LogP contribution >= 0.6 is 0 Å². The Kier molecular flexibility index (Phi) is 4.90. The molecule has 0 radical (unpaired) electrons. The van der Waals surface area contributed by atoms with Crippen molar-refractivity contribution in [2.75, 3.05) is 29.0 Å². The third-order valence-corrected chi connectivity index (χ3v) is 5.96. The quantitative estimate of drug-likeness (QED) is 0.586. The van der Waals surface area contributed by atoms with Gasteiger partial charge in [0.15, 0.2) is 6.10 Å². The predicted molar refractivity (Wildman–Crippen MR) is 120 cm³/mol.